The Morgan fingerprint density at radius 1 is 1.10 bits per heavy atom. The van der Waals surface area contributed by atoms with Gasteiger partial charge in [-0.2, -0.15) is 0 Å². The predicted molar refractivity (Wildman–Crippen MR) is 192 cm³/mol. The molecule has 1 aromatic heterocycles. The number of nitrogens with zero attached hydrogens (tertiary/aromatic N) is 2. The van der Waals surface area contributed by atoms with Crippen molar-refractivity contribution in [3.63, 3.8) is 0 Å². The second-order valence-electron chi connectivity index (χ2n) is 16.1. The average Bonchev–Trinajstić information content (AvgIpc) is 3.98. The monoisotopic (exact) mass is 735 g/mol. The van der Waals surface area contributed by atoms with Crippen molar-refractivity contribution >= 4 is 44.6 Å². The number of pyridine rings is 1. The van der Waals surface area contributed by atoms with E-state index in [-0.39, 0.29) is 37.3 Å². The Morgan fingerprint density at radius 2 is 1.87 bits per heavy atom. The number of fused-ring (bicyclic) bond motifs is 3. The van der Waals surface area contributed by atoms with Gasteiger partial charge in [0.25, 0.3) is 5.91 Å². The Balaban J connectivity index is 1.21. The maximum atomic E-state index is 14.6. The molecule has 280 valence electrons. The molecular formula is C38H49N5O8S. The number of nitrogens with one attached hydrogen (secondary N) is 3. The molecule has 4 fully saturated rings. The SMILES string of the molecule is C=C[C@@H]1C[C@]1(NC(=O)[C@@H]1C[C@@H]2CN1C(=O)[C@H](C1CCCC1)NC(=O)OCC(C)(C)CCCc1ccc3ccnc(c3c1)O2)C(=O)NS(=O)(=O)C1CC1. The topological polar surface area (TPSA) is 173 Å². The molecule has 3 saturated carbocycles. The first-order valence-electron chi connectivity index (χ1n) is 18.6. The van der Waals surface area contributed by atoms with Gasteiger partial charge >= 0.3 is 6.09 Å². The van der Waals surface area contributed by atoms with Crippen LogP contribution in [0.2, 0.25) is 0 Å². The molecule has 0 unspecified atom stereocenters. The molecule has 1 aromatic carbocycles. The first kappa shape index (κ1) is 36.2. The van der Waals surface area contributed by atoms with E-state index in [2.05, 4.69) is 39.1 Å². The highest BCUT2D eigenvalue weighted by Gasteiger charge is 2.62. The number of benzene rings is 1. The van der Waals surface area contributed by atoms with Crippen LogP contribution in [-0.2, 0) is 35.6 Å². The molecule has 0 radical (unpaired) electrons. The summed E-state index contributed by atoms with van der Waals surface area (Å²) in [5, 5.41) is 6.85. The summed E-state index contributed by atoms with van der Waals surface area (Å²) in [4.78, 5) is 61.8. The largest absolute Gasteiger partial charge is 0.472 e. The van der Waals surface area contributed by atoms with Crippen LogP contribution in [0.4, 0.5) is 4.79 Å². The van der Waals surface area contributed by atoms with E-state index >= 15 is 0 Å². The third kappa shape index (κ3) is 7.49. The number of amides is 4. The van der Waals surface area contributed by atoms with Crippen LogP contribution in [0.15, 0.2) is 43.1 Å². The van der Waals surface area contributed by atoms with E-state index in [4.69, 9.17) is 9.47 Å². The molecule has 3 aliphatic carbocycles. The first-order chi connectivity index (χ1) is 24.8. The zero-order valence-electron chi connectivity index (χ0n) is 29.9. The van der Waals surface area contributed by atoms with Crippen molar-refractivity contribution in [2.24, 2.45) is 17.3 Å². The third-order valence-electron chi connectivity index (χ3n) is 11.5. The molecule has 2 aromatic rings. The van der Waals surface area contributed by atoms with Crippen molar-refractivity contribution in [2.75, 3.05) is 13.2 Å². The van der Waals surface area contributed by atoms with E-state index in [0.29, 0.717) is 18.7 Å². The Hall–Kier alpha value is -4.20. The lowest BCUT2D eigenvalue weighted by Crippen LogP contribution is -2.59. The minimum Gasteiger partial charge on any atom is -0.472 e. The maximum absolute atomic E-state index is 14.6. The highest BCUT2D eigenvalue weighted by atomic mass is 32.2. The quantitative estimate of drug-likeness (QED) is 0.357. The van der Waals surface area contributed by atoms with E-state index in [1.807, 2.05) is 26.0 Å². The molecule has 0 spiro atoms. The number of cyclic esters (lactones) is 1. The maximum Gasteiger partial charge on any atom is 0.407 e. The van der Waals surface area contributed by atoms with Crippen LogP contribution in [0.25, 0.3) is 10.8 Å². The summed E-state index contributed by atoms with van der Waals surface area (Å²) in [6.45, 7) is 8.09. The van der Waals surface area contributed by atoms with Crippen molar-refractivity contribution in [3.05, 3.63) is 48.7 Å². The van der Waals surface area contributed by atoms with Gasteiger partial charge in [-0.05, 0) is 85.8 Å². The number of sulfonamides is 1. The van der Waals surface area contributed by atoms with Crippen LogP contribution in [0.5, 0.6) is 5.88 Å². The minimum absolute atomic E-state index is 0.0296. The van der Waals surface area contributed by atoms with Crippen LogP contribution >= 0.6 is 0 Å². The van der Waals surface area contributed by atoms with Crippen LogP contribution in [0, 0.1) is 17.3 Å². The Morgan fingerprint density at radius 3 is 2.58 bits per heavy atom. The predicted octanol–water partition coefficient (Wildman–Crippen LogP) is 3.90. The lowest BCUT2D eigenvalue weighted by Gasteiger charge is -2.32. The summed E-state index contributed by atoms with van der Waals surface area (Å²) < 4.78 is 39.8. The van der Waals surface area contributed by atoms with Gasteiger partial charge in [0, 0.05) is 23.9 Å². The number of aryl methyl sites for hydroxylation is 1. The zero-order chi connectivity index (χ0) is 36.8. The molecule has 5 aliphatic rings. The molecule has 7 rings (SSSR count). The van der Waals surface area contributed by atoms with Crippen LogP contribution in [0.1, 0.15) is 83.6 Å². The van der Waals surface area contributed by atoms with Crippen molar-refractivity contribution in [3.8, 4) is 5.88 Å². The summed E-state index contributed by atoms with van der Waals surface area (Å²) >= 11 is 0. The van der Waals surface area contributed by atoms with Crippen LogP contribution in [0.3, 0.4) is 0 Å². The highest BCUT2D eigenvalue weighted by molar-refractivity contribution is 7.91. The lowest BCUT2D eigenvalue weighted by molar-refractivity contribution is -0.142. The second-order valence-corrected chi connectivity index (χ2v) is 18.1. The fourth-order valence-electron chi connectivity index (χ4n) is 8.11. The summed E-state index contributed by atoms with van der Waals surface area (Å²) in [6.07, 6.45) is 8.84. The van der Waals surface area contributed by atoms with Crippen molar-refractivity contribution in [2.45, 2.75) is 113 Å². The lowest BCUT2D eigenvalue weighted by atomic mass is 9.87. The van der Waals surface area contributed by atoms with Gasteiger partial charge in [-0.15, -0.1) is 6.58 Å². The fraction of sp³-hybridized carbons (Fsp3) is 0.605. The van der Waals surface area contributed by atoms with Gasteiger partial charge < -0.3 is 25.0 Å². The van der Waals surface area contributed by atoms with Crippen LogP contribution < -0.4 is 20.1 Å². The zero-order valence-corrected chi connectivity index (χ0v) is 30.7. The number of alkyl carbamates (subject to hydrolysis) is 1. The number of ether oxygens (including phenoxy) is 2. The van der Waals surface area contributed by atoms with E-state index in [1.54, 1.807) is 6.20 Å². The van der Waals surface area contributed by atoms with Gasteiger partial charge in [0.05, 0.1) is 18.4 Å². The molecule has 4 amide bonds. The van der Waals surface area contributed by atoms with E-state index < -0.39 is 68.7 Å². The minimum atomic E-state index is -3.88. The smallest absolute Gasteiger partial charge is 0.407 e. The molecule has 5 atom stereocenters. The van der Waals surface area contributed by atoms with Gasteiger partial charge in [0.2, 0.25) is 27.7 Å². The number of hydrogen-bond acceptors (Lipinski definition) is 9. The number of carbonyl (C=O) groups is 4. The molecule has 2 aliphatic heterocycles. The van der Waals surface area contributed by atoms with E-state index in [9.17, 15) is 27.6 Å². The number of rotatable bonds is 7. The molecule has 3 heterocycles. The van der Waals surface area contributed by atoms with Gasteiger partial charge in [0.15, 0.2) is 0 Å². The molecule has 13 nitrogen and oxygen atoms in total. The third-order valence-corrected chi connectivity index (χ3v) is 13.3. The second kappa shape index (κ2) is 14.0. The van der Waals surface area contributed by atoms with Gasteiger partial charge in [-0.25, -0.2) is 18.2 Å². The molecule has 4 bridgehead atoms. The molecule has 14 heteroatoms. The highest BCUT2D eigenvalue weighted by Crippen LogP contribution is 2.45. The summed E-state index contributed by atoms with van der Waals surface area (Å²) in [5.41, 5.74) is -0.720. The van der Waals surface area contributed by atoms with Crippen molar-refractivity contribution < 1.29 is 37.1 Å². The Labute approximate surface area is 304 Å². The van der Waals surface area contributed by atoms with Gasteiger partial charge in [-0.3, -0.25) is 19.1 Å². The summed E-state index contributed by atoms with van der Waals surface area (Å²) in [7, 11) is -3.88. The number of carbonyl (C=O) groups excluding carboxylic acids is 4. The number of aromatic nitrogens is 1. The first-order valence-corrected chi connectivity index (χ1v) is 20.1. The summed E-state index contributed by atoms with van der Waals surface area (Å²) in [5.74, 6) is -2.12. The molecule has 52 heavy (non-hydrogen) atoms. The van der Waals surface area contributed by atoms with E-state index in [0.717, 1.165) is 61.3 Å². The Kier molecular flexibility index (Phi) is 9.72. The average molecular weight is 736 g/mol. The standard InChI is InChI=1S/C38H49N5O8S/c1-4-26-20-38(26,35(46)42-52(48,49)28-13-14-28)41-32(44)30-19-27-21-43(30)34(45)31(25-9-5-6-10-25)40-36(47)50-22-37(2,3)16-7-8-23-11-12-24-15-17-39-33(51-27)29(24)18-23/h4,11-12,15,17-18,25-28,30-31H,1,5-10,13-14,16,19-22H2,2-3H3,(H,40,47)(H,41,44)(H,42,46)/t26-,27-,30+,31+,38-/m1/s1. The van der Waals surface area contributed by atoms with Gasteiger partial charge in [0.1, 0.15) is 23.7 Å². The summed E-state index contributed by atoms with van der Waals surface area (Å²) in [6, 6.07) is 6.07. The molecule has 3 N–H and O–H groups in total. The van der Waals surface area contributed by atoms with E-state index in [1.165, 1.54) is 11.0 Å². The van der Waals surface area contributed by atoms with Crippen molar-refractivity contribution in [1.82, 2.24) is 25.2 Å². The van der Waals surface area contributed by atoms with Crippen molar-refractivity contribution in [1.29, 1.82) is 0 Å². The normalized spacial score (nSPS) is 29.7. The number of hydrogen-bond donors (Lipinski definition) is 3. The molecular weight excluding hydrogens is 687 g/mol. The van der Waals surface area contributed by atoms with Gasteiger partial charge in [-0.1, -0.05) is 44.9 Å². The fourth-order valence-corrected chi connectivity index (χ4v) is 9.48. The van der Waals surface area contributed by atoms with Crippen LogP contribution in [-0.4, -0.2) is 84.2 Å². The molecule has 1 saturated heterocycles. The Bertz CT molecular complexity index is 1870.